The fourth-order valence-electron chi connectivity index (χ4n) is 3.57. The number of hydrogen-bond donors (Lipinski definition) is 0. The van der Waals surface area contributed by atoms with Gasteiger partial charge in [-0.15, -0.1) is 0 Å². The molecule has 5 aromatic rings. The zero-order valence-corrected chi connectivity index (χ0v) is 17.0. The zero-order valence-electron chi connectivity index (χ0n) is 17.0. The van der Waals surface area contributed by atoms with E-state index in [1.807, 2.05) is 71.7 Å². The second kappa shape index (κ2) is 8.23. The number of anilines is 2. The van der Waals surface area contributed by atoms with Gasteiger partial charge in [-0.1, -0.05) is 18.2 Å². The molecule has 0 unspecified atom stereocenters. The van der Waals surface area contributed by atoms with Crippen LogP contribution in [0.25, 0.3) is 16.9 Å². The van der Waals surface area contributed by atoms with Crippen molar-refractivity contribution in [3.05, 3.63) is 97.3 Å². The first-order valence-electron chi connectivity index (χ1n) is 9.87. The standard InChI is InChI=1S/C24H20N6O/c1-31-23-11-10-20(15-27-23)29(19-7-5-12-25-14-19)16-18-6-4-13-26-24(18)30-17-28-21-8-2-3-9-22(21)30/h2-15,17H,16H2,1H3. The molecule has 1 aromatic carbocycles. The van der Waals surface area contributed by atoms with E-state index in [-0.39, 0.29) is 0 Å². The fraction of sp³-hybridized carbons (Fsp3) is 0.0833. The van der Waals surface area contributed by atoms with Crippen LogP contribution in [0.1, 0.15) is 5.56 Å². The average molecular weight is 408 g/mol. The van der Waals surface area contributed by atoms with Gasteiger partial charge in [-0.3, -0.25) is 9.55 Å². The molecule has 0 amide bonds. The lowest BCUT2D eigenvalue weighted by Gasteiger charge is -2.25. The van der Waals surface area contributed by atoms with Crippen LogP contribution in [0.15, 0.2) is 91.8 Å². The summed E-state index contributed by atoms with van der Waals surface area (Å²) in [5.74, 6) is 1.41. The van der Waals surface area contributed by atoms with Crippen molar-refractivity contribution >= 4 is 22.4 Å². The van der Waals surface area contributed by atoms with Gasteiger partial charge < -0.3 is 9.64 Å². The van der Waals surface area contributed by atoms with Crippen LogP contribution in [0.3, 0.4) is 0 Å². The summed E-state index contributed by atoms with van der Waals surface area (Å²) in [5, 5.41) is 0. The molecule has 7 heteroatoms. The van der Waals surface area contributed by atoms with Crippen molar-refractivity contribution in [2.24, 2.45) is 0 Å². The third-order valence-corrected chi connectivity index (χ3v) is 5.08. The fourth-order valence-corrected chi connectivity index (χ4v) is 3.57. The predicted octanol–water partition coefficient (Wildman–Crippen LogP) is 4.56. The number of para-hydroxylation sites is 2. The summed E-state index contributed by atoms with van der Waals surface area (Å²) in [5.41, 5.74) is 4.88. The first-order chi connectivity index (χ1) is 15.3. The van der Waals surface area contributed by atoms with Gasteiger partial charge in [0.15, 0.2) is 0 Å². The summed E-state index contributed by atoms with van der Waals surface area (Å²) in [6, 6.07) is 19.9. The molecule has 0 bridgehead atoms. The van der Waals surface area contributed by atoms with Crippen molar-refractivity contribution in [1.82, 2.24) is 24.5 Å². The summed E-state index contributed by atoms with van der Waals surface area (Å²) in [7, 11) is 1.61. The Kier molecular flexibility index (Phi) is 4.98. The van der Waals surface area contributed by atoms with Gasteiger partial charge in [-0.2, -0.15) is 0 Å². The first-order valence-corrected chi connectivity index (χ1v) is 9.87. The maximum atomic E-state index is 5.22. The lowest BCUT2D eigenvalue weighted by molar-refractivity contribution is 0.398. The molecule has 4 aromatic heterocycles. The number of nitrogens with zero attached hydrogens (tertiary/aromatic N) is 6. The molecule has 0 atom stereocenters. The Hall–Kier alpha value is -4.26. The minimum Gasteiger partial charge on any atom is -0.481 e. The Morgan fingerprint density at radius 3 is 2.52 bits per heavy atom. The van der Waals surface area contributed by atoms with E-state index in [1.165, 1.54) is 0 Å². The highest BCUT2D eigenvalue weighted by Crippen LogP contribution is 2.29. The van der Waals surface area contributed by atoms with E-state index in [0.29, 0.717) is 12.4 Å². The molecule has 4 heterocycles. The zero-order chi connectivity index (χ0) is 21.0. The van der Waals surface area contributed by atoms with Gasteiger partial charge in [-0.05, 0) is 36.4 Å². The van der Waals surface area contributed by atoms with Gasteiger partial charge in [0.1, 0.15) is 12.1 Å². The maximum absolute atomic E-state index is 5.22. The summed E-state index contributed by atoms with van der Waals surface area (Å²) < 4.78 is 7.25. The van der Waals surface area contributed by atoms with Crippen LogP contribution in [0.2, 0.25) is 0 Å². The third kappa shape index (κ3) is 3.69. The number of hydrogen-bond acceptors (Lipinski definition) is 6. The molecular weight excluding hydrogens is 388 g/mol. The Bertz CT molecular complexity index is 1300. The minimum atomic E-state index is 0.571. The lowest BCUT2D eigenvalue weighted by Crippen LogP contribution is -2.18. The van der Waals surface area contributed by atoms with Gasteiger partial charge in [0.05, 0.1) is 48.5 Å². The molecule has 0 saturated heterocycles. The van der Waals surface area contributed by atoms with Crippen molar-refractivity contribution in [2.75, 3.05) is 12.0 Å². The van der Waals surface area contributed by atoms with Crippen LogP contribution in [-0.4, -0.2) is 31.6 Å². The summed E-state index contributed by atoms with van der Waals surface area (Å²) in [4.78, 5) is 20.0. The predicted molar refractivity (Wildman–Crippen MR) is 120 cm³/mol. The molecule has 0 saturated carbocycles. The smallest absolute Gasteiger partial charge is 0.213 e. The number of fused-ring (bicyclic) bond motifs is 1. The molecule has 7 nitrogen and oxygen atoms in total. The molecular formula is C24H20N6O. The lowest BCUT2D eigenvalue weighted by atomic mass is 10.2. The first kappa shape index (κ1) is 18.7. The normalized spacial score (nSPS) is 10.9. The molecule has 0 fully saturated rings. The Balaban J connectivity index is 1.59. The van der Waals surface area contributed by atoms with Crippen LogP contribution in [0, 0.1) is 0 Å². The van der Waals surface area contributed by atoms with E-state index in [0.717, 1.165) is 33.8 Å². The van der Waals surface area contributed by atoms with Crippen molar-refractivity contribution in [2.45, 2.75) is 6.54 Å². The average Bonchev–Trinajstić information content (AvgIpc) is 3.27. The Labute approximate surface area is 179 Å². The molecule has 0 N–H and O–H groups in total. The number of methoxy groups -OCH3 is 1. The number of aromatic nitrogens is 5. The summed E-state index contributed by atoms with van der Waals surface area (Å²) in [6.45, 7) is 0.579. The van der Waals surface area contributed by atoms with E-state index in [4.69, 9.17) is 4.74 Å². The molecule has 5 rings (SSSR count). The van der Waals surface area contributed by atoms with Crippen LogP contribution in [-0.2, 0) is 6.54 Å². The van der Waals surface area contributed by atoms with Gasteiger partial charge in [0.25, 0.3) is 0 Å². The molecule has 0 aliphatic carbocycles. The van der Waals surface area contributed by atoms with Crippen molar-refractivity contribution in [3.8, 4) is 11.7 Å². The van der Waals surface area contributed by atoms with Crippen LogP contribution in [0.4, 0.5) is 11.4 Å². The van der Waals surface area contributed by atoms with Crippen molar-refractivity contribution in [1.29, 1.82) is 0 Å². The number of imidazole rings is 1. The van der Waals surface area contributed by atoms with Crippen LogP contribution in [0.5, 0.6) is 5.88 Å². The minimum absolute atomic E-state index is 0.571. The van der Waals surface area contributed by atoms with Gasteiger partial charge in [0.2, 0.25) is 5.88 Å². The van der Waals surface area contributed by atoms with Gasteiger partial charge in [0, 0.05) is 24.0 Å². The quantitative estimate of drug-likeness (QED) is 0.410. The Morgan fingerprint density at radius 1 is 0.839 bits per heavy atom. The van der Waals surface area contributed by atoms with Crippen LogP contribution >= 0.6 is 0 Å². The van der Waals surface area contributed by atoms with Crippen molar-refractivity contribution in [3.63, 3.8) is 0 Å². The van der Waals surface area contributed by atoms with E-state index < -0.39 is 0 Å². The number of rotatable bonds is 6. The Morgan fingerprint density at radius 2 is 1.71 bits per heavy atom. The SMILES string of the molecule is COc1ccc(N(Cc2cccnc2-n2cnc3ccccc32)c2cccnc2)cn1. The van der Waals surface area contributed by atoms with Gasteiger partial charge in [-0.25, -0.2) is 15.0 Å². The summed E-state index contributed by atoms with van der Waals surface area (Å²) in [6.07, 6.45) is 9.03. The highest BCUT2D eigenvalue weighted by molar-refractivity contribution is 5.77. The van der Waals surface area contributed by atoms with E-state index in [2.05, 4.69) is 30.9 Å². The van der Waals surface area contributed by atoms with E-state index >= 15 is 0 Å². The van der Waals surface area contributed by atoms with Gasteiger partial charge >= 0.3 is 0 Å². The molecule has 152 valence electrons. The molecule has 0 aliphatic rings. The molecule has 0 spiro atoms. The topological polar surface area (TPSA) is 69.0 Å². The second-order valence-corrected chi connectivity index (χ2v) is 6.95. The number of ether oxygens (including phenoxy) is 1. The molecule has 31 heavy (non-hydrogen) atoms. The summed E-state index contributed by atoms with van der Waals surface area (Å²) >= 11 is 0. The molecule has 0 aliphatic heterocycles. The highest BCUT2D eigenvalue weighted by atomic mass is 16.5. The highest BCUT2D eigenvalue weighted by Gasteiger charge is 2.16. The number of pyridine rings is 3. The monoisotopic (exact) mass is 408 g/mol. The van der Waals surface area contributed by atoms with Crippen molar-refractivity contribution < 1.29 is 4.74 Å². The van der Waals surface area contributed by atoms with Crippen LogP contribution < -0.4 is 9.64 Å². The maximum Gasteiger partial charge on any atom is 0.213 e. The number of benzene rings is 1. The largest absolute Gasteiger partial charge is 0.481 e. The third-order valence-electron chi connectivity index (χ3n) is 5.08. The molecule has 0 radical (unpaired) electrons. The second-order valence-electron chi connectivity index (χ2n) is 6.95. The van der Waals surface area contributed by atoms with E-state index in [1.54, 1.807) is 25.7 Å². The van der Waals surface area contributed by atoms with E-state index in [9.17, 15) is 0 Å².